The number of benzene rings is 1. The van der Waals surface area contributed by atoms with Crippen molar-refractivity contribution < 1.29 is 9.18 Å². The van der Waals surface area contributed by atoms with Crippen molar-refractivity contribution >= 4 is 28.4 Å². The van der Waals surface area contributed by atoms with E-state index >= 15 is 0 Å². The number of rotatable bonds is 4. The molecule has 4 rings (SSSR count). The molecule has 7 nitrogen and oxygen atoms in total. The van der Waals surface area contributed by atoms with Crippen LogP contribution in [-0.2, 0) is 11.2 Å². The lowest BCUT2D eigenvalue weighted by Crippen LogP contribution is -2.22. The molecule has 0 saturated heterocycles. The number of fused-ring (bicyclic) bond motifs is 1. The molecule has 9 heteroatoms. The second-order valence-corrected chi connectivity index (χ2v) is 6.93. The highest BCUT2D eigenvalue weighted by atomic mass is 32.1. The van der Waals surface area contributed by atoms with Gasteiger partial charge in [0.1, 0.15) is 17.0 Å². The van der Waals surface area contributed by atoms with Crippen molar-refractivity contribution in [1.82, 2.24) is 19.8 Å². The molecule has 0 aliphatic carbocycles. The minimum absolute atomic E-state index is 0.0976. The molecule has 0 aliphatic rings. The summed E-state index contributed by atoms with van der Waals surface area (Å²) in [4.78, 5) is 25.3. The number of carbonyl (C=O) groups excluding carboxylic acids is 1. The zero-order valence-electron chi connectivity index (χ0n) is 14.2. The first-order valence-electron chi connectivity index (χ1n) is 8.08. The van der Waals surface area contributed by atoms with Crippen LogP contribution < -0.4 is 10.9 Å². The zero-order valence-corrected chi connectivity index (χ0v) is 15.0. The lowest BCUT2D eigenvalue weighted by Gasteiger charge is -2.07. The lowest BCUT2D eigenvalue weighted by atomic mass is 10.2. The van der Waals surface area contributed by atoms with Gasteiger partial charge in [0.2, 0.25) is 5.91 Å². The summed E-state index contributed by atoms with van der Waals surface area (Å²) in [6, 6.07) is 9.88. The van der Waals surface area contributed by atoms with Crippen LogP contribution in [0.1, 0.15) is 11.4 Å². The number of carbonyl (C=O) groups is 1. The van der Waals surface area contributed by atoms with Gasteiger partial charge in [-0.1, -0.05) is 12.1 Å². The molecule has 0 bridgehead atoms. The zero-order chi connectivity index (χ0) is 19.0. The second kappa shape index (κ2) is 6.76. The van der Waals surface area contributed by atoms with Gasteiger partial charge in [-0.2, -0.15) is 10.2 Å². The number of aryl methyl sites for hydroxylation is 1. The fourth-order valence-corrected chi connectivity index (χ4v) is 3.37. The molecule has 0 unspecified atom stereocenters. The van der Waals surface area contributed by atoms with Crippen LogP contribution in [0.2, 0.25) is 0 Å². The topological polar surface area (TPSA) is 92.1 Å². The number of hydrogen-bond acceptors (Lipinski definition) is 5. The van der Waals surface area contributed by atoms with Crippen molar-refractivity contribution in [3.63, 3.8) is 0 Å². The quantitative estimate of drug-likeness (QED) is 0.567. The van der Waals surface area contributed by atoms with Crippen LogP contribution in [0.4, 0.5) is 10.1 Å². The normalized spacial score (nSPS) is 11.0. The summed E-state index contributed by atoms with van der Waals surface area (Å²) in [6.07, 6.45) is -0.174. The van der Waals surface area contributed by atoms with Gasteiger partial charge in [-0.05, 0) is 42.1 Å². The number of amides is 1. The second-order valence-electron chi connectivity index (χ2n) is 5.98. The highest BCUT2D eigenvalue weighted by Gasteiger charge is 2.16. The molecule has 3 aromatic heterocycles. The van der Waals surface area contributed by atoms with E-state index in [-0.39, 0.29) is 23.4 Å². The molecule has 4 aromatic rings. The monoisotopic (exact) mass is 383 g/mol. The molecule has 0 spiro atoms. The number of aromatic amines is 1. The third-order valence-electron chi connectivity index (χ3n) is 3.96. The van der Waals surface area contributed by atoms with Gasteiger partial charge in [-0.3, -0.25) is 9.59 Å². The first kappa shape index (κ1) is 17.1. The average Bonchev–Trinajstić information content (AvgIpc) is 3.30. The molecule has 0 saturated carbocycles. The van der Waals surface area contributed by atoms with E-state index in [9.17, 15) is 14.0 Å². The Labute approximate surface area is 156 Å². The van der Waals surface area contributed by atoms with Gasteiger partial charge < -0.3 is 5.32 Å². The van der Waals surface area contributed by atoms with Gasteiger partial charge in [0.25, 0.3) is 5.56 Å². The molecule has 136 valence electrons. The van der Waals surface area contributed by atoms with Crippen LogP contribution >= 0.6 is 11.3 Å². The van der Waals surface area contributed by atoms with E-state index in [1.54, 1.807) is 25.1 Å². The number of aromatic nitrogens is 4. The Morgan fingerprint density at radius 1 is 1.33 bits per heavy atom. The number of hydrogen-bond donors (Lipinski definition) is 2. The largest absolute Gasteiger partial charge is 0.323 e. The molecule has 0 fully saturated rings. The van der Waals surface area contributed by atoms with Crippen LogP contribution in [-0.4, -0.2) is 25.7 Å². The van der Waals surface area contributed by atoms with Crippen LogP contribution in [0, 0.1) is 12.7 Å². The molecule has 0 aliphatic heterocycles. The van der Waals surface area contributed by atoms with E-state index in [0.29, 0.717) is 5.69 Å². The summed E-state index contributed by atoms with van der Waals surface area (Å²) in [6.45, 7) is 1.80. The Balaban J connectivity index is 1.65. The van der Waals surface area contributed by atoms with Crippen molar-refractivity contribution in [3.05, 3.63) is 69.3 Å². The minimum atomic E-state index is -0.521. The third-order valence-corrected chi connectivity index (χ3v) is 4.85. The fourth-order valence-electron chi connectivity index (χ4n) is 2.69. The molecule has 1 aromatic carbocycles. The summed E-state index contributed by atoms with van der Waals surface area (Å²) in [7, 11) is 0. The standard InChI is InChI=1S/C18H14FN5O2S/c1-10-4-5-11(19)12(7-10)20-17(25)9-16-21-22-18(26)14-8-13(23-24(14)16)15-3-2-6-27-15/h2-8H,9H2,1H3,(H,20,25)(H,22,26). The molecule has 27 heavy (non-hydrogen) atoms. The van der Waals surface area contributed by atoms with Gasteiger partial charge in [-0.25, -0.2) is 14.0 Å². The SMILES string of the molecule is Cc1ccc(F)c(NC(=O)Cc2n[nH]c(=O)c3cc(-c4cccs4)nn23)c1. The molecule has 3 heterocycles. The van der Waals surface area contributed by atoms with E-state index in [4.69, 9.17) is 0 Å². The van der Waals surface area contributed by atoms with Gasteiger partial charge in [0.05, 0.1) is 17.0 Å². The van der Waals surface area contributed by atoms with E-state index in [1.807, 2.05) is 17.5 Å². The number of H-pyrrole nitrogens is 1. The van der Waals surface area contributed by atoms with Gasteiger partial charge in [0, 0.05) is 0 Å². The predicted octanol–water partition coefficient (Wildman–Crippen LogP) is 2.77. The fraction of sp³-hybridized carbons (Fsp3) is 0.111. The summed E-state index contributed by atoms with van der Waals surface area (Å²) >= 11 is 1.49. The number of nitrogens with zero attached hydrogens (tertiary/aromatic N) is 3. The smallest absolute Gasteiger partial charge is 0.290 e. The maximum absolute atomic E-state index is 13.8. The molecule has 2 N–H and O–H groups in total. The van der Waals surface area contributed by atoms with Crippen LogP contribution in [0.3, 0.4) is 0 Å². The Morgan fingerprint density at radius 2 is 2.19 bits per heavy atom. The molecular weight excluding hydrogens is 369 g/mol. The minimum Gasteiger partial charge on any atom is -0.323 e. The van der Waals surface area contributed by atoms with Crippen LogP contribution in [0.5, 0.6) is 0 Å². The first-order valence-corrected chi connectivity index (χ1v) is 8.96. The van der Waals surface area contributed by atoms with Crippen molar-refractivity contribution in [2.24, 2.45) is 0 Å². The van der Waals surface area contributed by atoms with Crippen molar-refractivity contribution in [2.75, 3.05) is 5.32 Å². The van der Waals surface area contributed by atoms with Crippen molar-refractivity contribution in [3.8, 4) is 10.6 Å². The molecule has 1 amide bonds. The van der Waals surface area contributed by atoms with Gasteiger partial charge >= 0.3 is 0 Å². The predicted molar refractivity (Wildman–Crippen MR) is 100 cm³/mol. The van der Waals surface area contributed by atoms with Crippen molar-refractivity contribution in [1.29, 1.82) is 0 Å². The van der Waals surface area contributed by atoms with E-state index in [1.165, 1.54) is 21.9 Å². The van der Waals surface area contributed by atoms with Crippen LogP contribution in [0.15, 0.2) is 46.6 Å². The maximum atomic E-state index is 13.8. The Kier molecular flexibility index (Phi) is 4.28. The van der Waals surface area contributed by atoms with E-state index in [0.717, 1.165) is 10.4 Å². The number of thiophene rings is 1. The molecule has 0 radical (unpaired) electrons. The van der Waals surface area contributed by atoms with Crippen LogP contribution in [0.25, 0.3) is 16.1 Å². The summed E-state index contributed by atoms with van der Waals surface area (Å²) in [5.74, 6) is -0.737. The number of nitrogens with one attached hydrogen (secondary N) is 2. The summed E-state index contributed by atoms with van der Waals surface area (Å²) in [5, 5.41) is 15.1. The Bertz CT molecular complexity index is 1200. The van der Waals surface area contributed by atoms with E-state index in [2.05, 4.69) is 20.6 Å². The summed E-state index contributed by atoms with van der Waals surface area (Å²) in [5.41, 5.74) is 1.43. The van der Waals surface area contributed by atoms with Crippen molar-refractivity contribution in [2.45, 2.75) is 13.3 Å². The average molecular weight is 383 g/mol. The maximum Gasteiger partial charge on any atom is 0.290 e. The molecule has 0 atom stereocenters. The Morgan fingerprint density at radius 3 is 2.96 bits per heavy atom. The molecular formula is C18H14FN5O2S. The third kappa shape index (κ3) is 3.36. The van der Waals surface area contributed by atoms with E-state index < -0.39 is 17.3 Å². The first-order chi connectivity index (χ1) is 13.0. The highest BCUT2D eigenvalue weighted by molar-refractivity contribution is 7.13. The lowest BCUT2D eigenvalue weighted by molar-refractivity contribution is -0.115. The highest BCUT2D eigenvalue weighted by Crippen LogP contribution is 2.24. The Hall–Kier alpha value is -3.33. The summed E-state index contributed by atoms with van der Waals surface area (Å²) < 4.78 is 15.2. The number of anilines is 1. The van der Waals surface area contributed by atoms with Gasteiger partial charge in [0.15, 0.2) is 5.82 Å². The number of halogens is 1. The van der Waals surface area contributed by atoms with Gasteiger partial charge in [-0.15, -0.1) is 11.3 Å².